The molecule has 0 radical (unpaired) electrons. The van der Waals surface area contributed by atoms with Crippen molar-refractivity contribution in [2.24, 2.45) is 11.5 Å². The lowest BCUT2D eigenvalue weighted by atomic mass is 10.0. The number of carbonyl (C=O) groups excluding carboxylic acids is 2. The van der Waals surface area contributed by atoms with Gasteiger partial charge in [0.2, 0.25) is 0 Å². The Morgan fingerprint density at radius 3 is 2.50 bits per heavy atom. The van der Waals surface area contributed by atoms with Crippen LogP contribution in [0.5, 0.6) is 0 Å². The molecular weight excluding hydrogens is 182 g/mol. The topological polar surface area (TPSA) is 98.2 Å². The van der Waals surface area contributed by atoms with Crippen LogP contribution in [0.15, 0.2) is 0 Å². The van der Waals surface area contributed by atoms with Crippen LogP contribution < -0.4 is 16.8 Å². The van der Waals surface area contributed by atoms with Crippen molar-refractivity contribution in [2.75, 3.05) is 6.54 Å². The van der Waals surface area contributed by atoms with Gasteiger partial charge in [0.1, 0.15) is 5.78 Å². The van der Waals surface area contributed by atoms with E-state index in [9.17, 15) is 9.59 Å². The average molecular weight is 201 g/mol. The number of ketones is 1. The lowest BCUT2D eigenvalue weighted by molar-refractivity contribution is -0.120. The summed E-state index contributed by atoms with van der Waals surface area (Å²) in [6.07, 6.45) is 2.79. The summed E-state index contributed by atoms with van der Waals surface area (Å²) in [5, 5.41) is 2.48. The summed E-state index contributed by atoms with van der Waals surface area (Å²) >= 11 is 0. The molecule has 0 aliphatic heterocycles. The second kappa shape index (κ2) is 7.32. The summed E-state index contributed by atoms with van der Waals surface area (Å²) in [7, 11) is 0. The molecule has 0 aromatic heterocycles. The van der Waals surface area contributed by atoms with Crippen molar-refractivity contribution in [1.82, 2.24) is 5.32 Å². The molecule has 14 heavy (non-hydrogen) atoms. The van der Waals surface area contributed by atoms with Crippen LogP contribution in [0.25, 0.3) is 0 Å². The molecule has 0 fully saturated rings. The predicted molar refractivity (Wildman–Crippen MR) is 54.7 cm³/mol. The van der Waals surface area contributed by atoms with E-state index in [1.807, 2.05) is 0 Å². The van der Waals surface area contributed by atoms with Crippen LogP contribution in [0, 0.1) is 0 Å². The zero-order valence-electron chi connectivity index (χ0n) is 8.58. The van der Waals surface area contributed by atoms with Gasteiger partial charge in [-0.05, 0) is 19.3 Å². The molecule has 5 heteroatoms. The van der Waals surface area contributed by atoms with Crippen molar-refractivity contribution in [3.05, 3.63) is 0 Å². The van der Waals surface area contributed by atoms with E-state index in [0.29, 0.717) is 19.4 Å². The van der Waals surface area contributed by atoms with Crippen molar-refractivity contribution in [2.45, 2.75) is 38.6 Å². The quantitative estimate of drug-likeness (QED) is 0.510. The van der Waals surface area contributed by atoms with Crippen molar-refractivity contribution < 1.29 is 9.59 Å². The van der Waals surface area contributed by atoms with E-state index in [1.165, 1.54) is 0 Å². The third-order valence-corrected chi connectivity index (χ3v) is 2.00. The number of urea groups is 1. The number of rotatable bonds is 7. The molecule has 0 heterocycles. The Labute approximate surface area is 84.2 Å². The van der Waals surface area contributed by atoms with Crippen LogP contribution in [-0.4, -0.2) is 24.4 Å². The fraction of sp³-hybridized carbons (Fsp3) is 0.778. The van der Waals surface area contributed by atoms with E-state index in [2.05, 4.69) is 5.32 Å². The Morgan fingerprint density at radius 1 is 1.36 bits per heavy atom. The van der Waals surface area contributed by atoms with Crippen LogP contribution >= 0.6 is 0 Å². The van der Waals surface area contributed by atoms with E-state index in [0.717, 1.165) is 12.8 Å². The lowest BCUT2D eigenvalue weighted by Gasteiger charge is -2.08. The van der Waals surface area contributed by atoms with E-state index in [-0.39, 0.29) is 11.8 Å². The molecule has 0 aliphatic rings. The van der Waals surface area contributed by atoms with Crippen molar-refractivity contribution >= 4 is 11.8 Å². The number of primary amides is 1. The smallest absolute Gasteiger partial charge is 0.312 e. The molecule has 0 saturated carbocycles. The molecule has 0 unspecified atom stereocenters. The van der Waals surface area contributed by atoms with Crippen molar-refractivity contribution in [3.63, 3.8) is 0 Å². The lowest BCUT2D eigenvalue weighted by Crippen LogP contribution is -2.31. The summed E-state index contributed by atoms with van der Waals surface area (Å²) in [5.74, 6) is 0.0906. The normalized spacial score (nSPS) is 12.1. The van der Waals surface area contributed by atoms with Gasteiger partial charge in [-0.2, -0.15) is 0 Å². The minimum absolute atomic E-state index is 0.0906. The number of nitrogens with two attached hydrogens (primary N) is 2. The molecular formula is C9H19N3O2. The number of hydrogen-bond donors (Lipinski definition) is 3. The largest absolute Gasteiger partial charge is 0.352 e. The fourth-order valence-corrected chi connectivity index (χ4v) is 1.12. The van der Waals surface area contributed by atoms with Crippen LogP contribution in [0.3, 0.4) is 0 Å². The molecule has 82 valence electrons. The summed E-state index contributed by atoms with van der Waals surface area (Å²) in [4.78, 5) is 21.4. The molecule has 2 amide bonds. The van der Waals surface area contributed by atoms with Gasteiger partial charge in [-0.3, -0.25) is 4.79 Å². The van der Waals surface area contributed by atoms with Crippen LogP contribution in [0.1, 0.15) is 32.6 Å². The molecule has 1 atom stereocenters. The molecule has 0 saturated heterocycles. The Kier molecular flexibility index (Phi) is 6.74. The number of unbranched alkanes of at least 4 members (excludes halogenated alkanes) is 1. The zero-order chi connectivity index (χ0) is 11.0. The first kappa shape index (κ1) is 12.9. The number of hydrogen-bond acceptors (Lipinski definition) is 3. The third-order valence-electron chi connectivity index (χ3n) is 2.00. The average Bonchev–Trinajstić information content (AvgIpc) is 2.15. The van der Waals surface area contributed by atoms with E-state index in [4.69, 9.17) is 11.5 Å². The highest BCUT2D eigenvalue weighted by Gasteiger charge is 2.09. The molecule has 0 aliphatic carbocycles. The minimum atomic E-state index is -0.515. The van der Waals surface area contributed by atoms with Gasteiger partial charge in [0.25, 0.3) is 0 Å². The van der Waals surface area contributed by atoms with Crippen LogP contribution in [0.4, 0.5) is 4.79 Å². The van der Waals surface area contributed by atoms with Crippen LogP contribution in [0.2, 0.25) is 0 Å². The Morgan fingerprint density at radius 2 is 2.00 bits per heavy atom. The van der Waals surface area contributed by atoms with Gasteiger partial charge in [0.05, 0.1) is 6.04 Å². The second-order valence-electron chi connectivity index (χ2n) is 3.21. The van der Waals surface area contributed by atoms with Crippen LogP contribution in [-0.2, 0) is 4.79 Å². The van der Waals surface area contributed by atoms with Crippen molar-refractivity contribution in [3.8, 4) is 0 Å². The first-order valence-corrected chi connectivity index (χ1v) is 4.89. The zero-order valence-corrected chi connectivity index (χ0v) is 8.58. The number of nitrogens with one attached hydrogen (secondary N) is 1. The molecule has 0 bridgehead atoms. The molecule has 0 spiro atoms. The molecule has 5 nitrogen and oxygen atoms in total. The Balaban J connectivity index is 3.36. The van der Waals surface area contributed by atoms with Gasteiger partial charge in [0.15, 0.2) is 0 Å². The monoisotopic (exact) mass is 201 g/mol. The maximum absolute atomic E-state index is 11.1. The summed E-state index contributed by atoms with van der Waals surface area (Å²) in [6, 6.07) is -0.868. The van der Waals surface area contributed by atoms with Gasteiger partial charge in [-0.1, -0.05) is 6.92 Å². The van der Waals surface area contributed by atoms with E-state index < -0.39 is 6.03 Å². The van der Waals surface area contributed by atoms with Gasteiger partial charge >= 0.3 is 6.03 Å². The molecule has 0 aromatic carbocycles. The second-order valence-corrected chi connectivity index (χ2v) is 3.21. The number of carbonyl (C=O) groups is 2. The molecule has 0 aromatic rings. The highest BCUT2D eigenvalue weighted by Crippen LogP contribution is 2.00. The van der Waals surface area contributed by atoms with Gasteiger partial charge in [-0.15, -0.1) is 0 Å². The first-order chi connectivity index (χ1) is 6.57. The number of amides is 2. The summed E-state index contributed by atoms with van der Waals surface area (Å²) in [6.45, 7) is 2.35. The summed E-state index contributed by atoms with van der Waals surface area (Å²) in [5.41, 5.74) is 10.5. The summed E-state index contributed by atoms with van der Waals surface area (Å²) < 4.78 is 0. The Hall–Kier alpha value is -1.10. The maximum atomic E-state index is 11.1. The standard InChI is InChI=1S/C9H19N3O2/c1-2-8(13)7(10)5-3-4-6-12-9(11)14/h7H,2-6,10H2,1H3,(H3,11,12,14)/t7-/m0/s1. The highest BCUT2D eigenvalue weighted by atomic mass is 16.2. The predicted octanol–water partition coefficient (Wildman–Crippen LogP) is 0.131. The van der Waals surface area contributed by atoms with E-state index >= 15 is 0 Å². The fourth-order valence-electron chi connectivity index (χ4n) is 1.12. The van der Waals surface area contributed by atoms with Gasteiger partial charge < -0.3 is 16.8 Å². The molecule has 0 rings (SSSR count). The Bertz CT molecular complexity index is 194. The number of Topliss-reactive ketones (excluding diaryl/α,β-unsaturated/α-hetero) is 1. The highest BCUT2D eigenvalue weighted by molar-refractivity contribution is 5.83. The third kappa shape index (κ3) is 6.42. The van der Waals surface area contributed by atoms with Gasteiger partial charge in [-0.25, -0.2) is 4.79 Å². The molecule has 5 N–H and O–H groups in total. The minimum Gasteiger partial charge on any atom is -0.352 e. The van der Waals surface area contributed by atoms with E-state index in [1.54, 1.807) is 6.92 Å². The first-order valence-electron chi connectivity index (χ1n) is 4.89. The maximum Gasteiger partial charge on any atom is 0.312 e. The van der Waals surface area contributed by atoms with Crippen molar-refractivity contribution in [1.29, 1.82) is 0 Å². The SMILES string of the molecule is CCC(=O)[C@@H](N)CCCCNC(N)=O. The van der Waals surface area contributed by atoms with Gasteiger partial charge in [0, 0.05) is 13.0 Å².